The molecule has 1 fully saturated rings. The minimum Gasteiger partial charge on any atom is -0.480 e. The molecule has 1 saturated heterocycles. The molecular formula is C10H15N3O3. The summed E-state index contributed by atoms with van der Waals surface area (Å²) in [5.74, 6) is -0.805. The molecule has 0 aliphatic carbocycles. The van der Waals surface area contributed by atoms with Crippen LogP contribution in [-0.4, -0.2) is 58.4 Å². The van der Waals surface area contributed by atoms with Crippen LogP contribution in [0.3, 0.4) is 0 Å². The molecule has 1 aliphatic rings. The number of carbonyl (C=O) groups is 1. The van der Waals surface area contributed by atoms with E-state index in [1.54, 1.807) is 19.6 Å². The molecule has 1 aromatic heterocycles. The monoisotopic (exact) mass is 225 g/mol. The molecule has 6 heteroatoms. The summed E-state index contributed by atoms with van der Waals surface area (Å²) < 4.78 is 7.34. The molecule has 2 unspecified atom stereocenters. The van der Waals surface area contributed by atoms with Gasteiger partial charge in [-0.1, -0.05) is 0 Å². The first-order valence-electron chi connectivity index (χ1n) is 5.15. The van der Waals surface area contributed by atoms with Gasteiger partial charge in [0.25, 0.3) is 0 Å². The van der Waals surface area contributed by atoms with Crippen LogP contribution in [-0.2, 0) is 9.53 Å². The lowest BCUT2D eigenvalue weighted by Crippen LogP contribution is -2.28. The van der Waals surface area contributed by atoms with Crippen molar-refractivity contribution >= 4 is 5.97 Å². The van der Waals surface area contributed by atoms with E-state index in [0.29, 0.717) is 13.1 Å². The number of rotatable bonds is 4. The van der Waals surface area contributed by atoms with Gasteiger partial charge in [0.1, 0.15) is 0 Å². The Kier molecular flexibility index (Phi) is 3.21. The molecule has 0 amide bonds. The van der Waals surface area contributed by atoms with Gasteiger partial charge in [0.05, 0.1) is 25.0 Å². The molecule has 0 saturated carbocycles. The van der Waals surface area contributed by atoms with Crippen molar-refractivity contribution in [2.45, 2.75) is 12.1 Å². The average molecular weight is 225 g/mol. The van der Waals surface area contributed by atoms with Gasteiger partial charge in [0.2, 0.25) is 0 Å². The van der Waals surface area contributed by atoms with E-state index in [2.05, 4.69) is 4.98 Å². The smallest absolute Gasteiger partial charge is 0.317 e. The predicted octanol–water partition coefficient (Wildman–Crippen LogP) is -0.161. The van der Waals surface area contributed by atoms with Gasteiger partial charge in [-0.2, -0.15) is 0 Å². The first kappa shape index (κ1) is 11.1. The summed E-state index contributed by atoms with van der Waals surface area (Å²) in [6.45, 7) is 1.39. The molecule has 0 spiro atoms. The van der Waals surface area contributed by atoms with Crippen LogP contribution >= 0.6 is 0 Å². The fraction of sp³-hybridized carbons (Fsp3) is 0.600. The summed E-state index contributed by atoms with van der Waals surface area (Å²) in [4.78, 5) is 16.5. The SMILES string of the molecule is COC1CN(CC(=O)O)CC1n1ccnc1. The van der Waals surface area contributed by atoms with Crippen LogP contribution in [0.4, 0.5) is 0 Å². The molecule has 16 heavy (non-hydrogen) atoms. The van der Waals surface area contributed by atoms with Crippen LogP contribution in [0.5, 0.6) is 0 Å². The number of carboxylic acids is 1. The molecule has 0 bridgehead atoms. The number of aromatic nitrogens is 2. The van der Waals surface area contributed by atoms with Crippen molar-refractivity contribution in [3.63, 3.8) is 0 Å². The standard InChI is InChI=1S/C10H15N3O3/c1-16-9-5-12(6-10(14)15)4-8(9)13-3-2-11-7-13/h2-3,7-9H,4-6H2,1H3,(H,14,15). The molecule has 1 N–H and O–H groups in total. The Labute approximate surface area is 93.4 Å². The topological polar surface area (TPSA) is 67.6 Å². The van der Waals surface area contributed by atoms with Crippen LogP contribution in [0.2, 0.25) is 0 Å². The van der Waals surface area contributed by atoms with E-state index in [4.69, 9.17) is 9.84 Å². The second-order valence-electron chi connectivity index (χ2n) is 3.94. The maximum atomic E-state index is 10.6. The van der Waals surface area contributed by atoms with E-state index < -0.39 is 5.97 Å². The van der Waals surface area contributed by atoms with Gasteiger partial charge in [0.15, 0.2) is 0 Å². The zero-order chi connectivity index (χ0) is 11.5. The summed E-state index contributed by atoms with van der Waals surface area (Å²) >= 11 is 0. The van der Waals surface area contributed by atoms with Crippen molar-refractivity contribution in [3.8, 4) is 0 Å². The second-order valence-corrected chi connectivity index (χ2v) is 3.94. The zero-order valence-electron chi connectivity index (χ0n) is 9.11. The third-order valence-electron chi connectivity index (χ3n) is 2.88. The Bertz CT molecular complexity index is 352. The molecule has 6 nitrogen and oxygen atoms in total. The number of imidazole rings is 1. The average Bonchev–Trinajstić information content (AvgIpc) is 2.83. The Hall–Kier alpha value is -1.40. The summed E-state index contributed by atoms with van der Waals surface area (Å²) in [5, 5.41) is 8.75. The highest BCUT2D eigenvalue weighted by Gasteiger charge is 2.34. The van der Waals surface area contributed by atoms with Crippen LogP contribution in [0.25, 0.3) is 0 Å². The lowest BCUT2D eigenvalue weighted by molar-refractivity contribution is -0.138. The number of methoxy groups -OCH3 is 1. The molecule has 1 aromatic rings. The Morgan fingerprint density at radius 2 is 2.44 bits per heavy atom. The van der Waals surface area contributed by atoms with Gasteiger partial charge in [-0.3, -0.25) is 9.69 Å². The summed E-state index contributed by atoms with van der Waals surface area (Å²) in [6.07, 6.45) is 5.35. The van der Waals surface area contributed by atoms with E-state index in [0.717, 1.165) is 0 Å². The van der Waals surface area contributed by atoms with Crippen molar-refractivity contribution in [2.24, 2.45) is 0 Å². The van der Waals surface area contributed by atoms with Gasteiger partial charge < -0.3 is 14.4 Å². The number of aliphatic carboxylic acids is 1. The quantitative estimate of drug-likeness (QED) is 0.771. The number of hydrogen-bond donors (Lipinski definition) is 1. The maximum absolute atomic E-state index is 10.6. The van der Waals surface area contributed by atoms with Gasteiger partial charge in [-0.25, -0.2) is 4.98 Å². The lowest BCUT2D eigenvalue weighted by Gasteiger charge is -2.17. The summed E-state index contributed by atoms with van der Waals surface area (Å²) in [6, 6.07) is 0.145. The molecule has 2 heterocycles. The van der Waals surface area contributed by atoms with E-state index in [-0.39, 0.29) is 18.7 Å². The van der Waals surface area contributed by atoms with Gasteiger partial charge in [-0.15, -0.1) is 0 Å². The highest BCUT2D eigenvalue weighted by atomic mass is 16.5. The van der Waals surface area contributed by atoms with E-state index in [1.807, 2.05) is 15.7 Å². The fourth-order valence-electron chi connectivity index (χ4n) is 2.14. The maximum Gasteiger partial charge on any atom is 0.317 e. The Morgan fingerprint density at radius 1 is 1.62 bits per heavy atom. The van der Waals surface area contributed by atoms with E-state index in [9.17, 15) is 4.79 Å². The molecule has 0 radical (unpaired) electrons. The van der Waals surface area contributed by atoms with Crippen LogP contribution in [0.1, 0.15) is 6.04 Å². The second kappa shape index (κ2) is 4.63. The number of ether oxygens (including phenoxy) is 1. The molecular weight excluding hydrogens is 210 g/mol. The van der Waals surface area contributed by atoms with Crippen molar-refractivity contribution in [3.05, 3.63) is 18.7 Å². The summed E-state index contributed by atoms with van der Waals surface area (Å²) in [5.41, 5.74) is 0. The van der Waals surface area contributed by atoms with Crippen molar-refractivity contribution in [2.75, 3.05) is 26.7 Å². The zero-order valence-corrected chi connectivity index (χ0v) is 9.11. The van der Waals surface area contributed by atoms with Crippen molar-refractivity contribution < 1.29 is 14.6 Å². The molecule has 0 aromatic carbocycles. The fourth-order valence-corrected chi connectivity index (χ4v) is 2.14. The molecule has 2 atom stereocenters. The normalized spacial score (nSPS) is 26.1. The van der Waals surface area contributed by atoms with Crippen LogP contribution in [0.15, 0.2) is 18.7 Å². The van der Waals surface area contributed by atoms with Gasteiger partial charge >= 0.3 is 5.97 Å². The largest absolute Gasteiger partial charge is 0.480 e. The van der Waals surface area contributed by atoms with Crippen molar-refractivity contribution in [1.82, 2.24) is 14.5 Å². The van der Waals surface area contributed by atoms with Gasteiger partial charge in [0, 0.05) is 32.6 Å². The molecule has 1 aliphatic heterocycles. The van der Waals surface area contributed by atoms with Crippen LogP contribution in [0, 0.1) is 0 Å². The third kappa shape index (κ3) is 2.23. The molecule has 2 rings (SSSR count). The summed E-state index contributed by atoms with van der Waals surface area (Å²) in [7, 11) is 1.65. The lowest BCUT2D eigenvalue weighted by atomic mass is 10.2. The van der Waals surface area contributed by atoms with E-state index in [1.165, 1.54) is 0 Å². The number of hydrogen-bond acceptors (Lipinski definition) is 4. The Morgan fingerprint density at radius 3 is 3.00 bits per heavy atom. The predicted molar refractivity (Wildman–Crippen MR) is 56.1 cm³/mol. The molecule has 88 valence electrons. The minimum absolute atomic E-state index is 0.0218. The third-order valence-corrected chi connectivity index (χ3v) is 2.88. The highest BCUT2D eigenvalue weighted by Crippen LogP contribution is 2.23. The van der Waals surface area contributed by atoms with E-state index >= 15 is 0 Å². The van der Waals surface area contributed by atoms with Crippen molar-refractivity contribution in [1.29, 1.82) is 0 Å². The highest BCUT2D eigenvalue weighted by molar-refractivity contribution is 5.69. The number of carboxylic acid groups (broad SMARTS) is 1. The number of nitrogens with zero attached hydrogens (tertiary/aromatic N) is 3. The Balaban J connectivity index is 2.05. The van der Waals surface area contributed by atoms with Gasteiger partial charge in [-0.05, 0) is 0 Å². The minimum atomic E-state index is -0.805. The first-order chi connectivity index (χ1) is 7.70. The number of likely N-dealkylation sites (tertiary alicyclic amines) is 1. The first-order valence-corrected chi connectivity index (χ1v) is 5.15. The van der Waals surface area contributed by atoms with Crippen LogP contribution < -0.4 is 0 Å².